The van der Waals surface area contributed by atoms with E-state index in [4.69, 9.17) is 4.43 Å². The lowest BCUT2D eigenvalue weighted by Gasteiger charge is -2.21. The minimum absolute atomic E-state index is 0.177. The van der Waals surface area contributed by atoms with Crippen molar-refractivity contribution in [1.82, 2.24) is 0 Å². The highest BCUT2D eigenvalue weighted by molar-refractivity contribution is 6.29. The van der Waals surface area contributed by atoms with Crippen LogP contribution in [0.25, 0.3) is 0 Å². The Morgan fingerprint density at radius 1 is 1.25 bits per heavy atom. The molecule has 2 heteroatoms. The van der Waals surface area contributed by atoms with Gasteiger partial charge in [0, 0.05) is 6.61 Å². The predicted octanol–water partition coefficient (Wildman–Crippen LogP) is 2.50. The van der Waals surface area contributed by atoms with E-state index in [1.165, 1.54) is 32.1 Å². The lowest BCUT2D eigenvalue weighted by atomic mass is 10.0. The molecule has 0 amide bonds. The lowest BCUT2D eigenvalue weighted by molar-refractivity contribution is 0.273. The molecule has 0 spiro atoms. The summed E-state index contributed by atoms with van der Waals surface area (Å²) < 4.78 is 5.77. The third-order valence-electron chi connectivity index (χ3n) is 2.53. The van der Waals surface area contributed by atoms with Gasteiger partial charge in [-0.25, -0.2) is 0 Å². The molecule has 0 radical (unpaired) electrons. The molecule has 1 aliphatic rings. The van der Waals surface area contributed by atoms with Gasteiger partial charge in [-0.05, 0) is 11.5 Å². The zero-order chi connectivity index (χ0) is 8.81. The minimum Gasteiger partial charge on any atom is -0.423 e. The standard InChI is InChI=1S/C10H22OSi/c1-9(2)8-11-12-10-6-4-3-5-7-10/h9-10H,3-8,12H2,1-2H3. The second-order valence-electron chi connectivity index (χ2n) is 4.44. The topological polar surface area (TPSA) is 9.23 Å². The molecule has 0 aliphatic heterocycles. The van der Waals surface area contributed by atoms with Gasteiger partial charge in [0.2, 0.25) is 0 Å². The Labute approximate surface area is 78.8 Å². The van der Waals surface area contributed by atoms with E-state index in [2.05, 4.69) is 13.8 Å². The summed E-state index contributed by atoms with van der Waals surface area (Å²) in [5.74, 6) is 0.723. The van der Waals surface area contributed by atoms with Gasteiger partial charge in [0.15, 0.2) is 9.76 Å². The highest BCUT2D eigenvalue weighted by Gasteiger charge is 2.13. The van der Waals surface area contributed by atoms with Crippen LogP contribution in [0.4, 0.5) is 0 Å². The molecule has 1 fully saturated rings. The van der Waals surface area contributed by atoms with Crippen LogP contribution < -0.4 is 0 Å². The van der Waals surface area contributed by atoms with Crippen molar-refractivity contribution in [3.63, 3.8) is 0 Å². The summed E-state index contributed by atoms with van der Waals surface area (Å²) in [6.07, 6.45) is 7.31. The van der Waals surface area contributed by atoms with Crippen LogP contribution in [0.3, 0.4) is 0 Å². The highest BCUT2D eigenvalue weighted by atomic mass is 28.2. The van der Waals surface area contributed by atoms with Crippen molar-refractivity contribution < 1.29 is 4.43 Å². The summed E-state index contributed by atoms with van der Waals surface area (Å²) >= 11 is 0. The molecule has 0 atom stereocenters. The molecule has 0 unspecified atom stereocenters. The zero-order valence-electron chi connectivity index (χ0n) is 8.51. The van der Waals surface area contributed by atoms with Crippen molar-refractivity contribution in [2.24, 2.45) is 5.92 Å². The molecule has 0 bridgehead atoms. The molecule has 1 rings (SSSR count). The molecular weight excluding hydrogens is 164 g/mol. The summed E-state index contributed by atoms with van der Waals surface area (Å²) in [5, 5.41) is 0. The van der Waals surface area contributed by atoms with Crippen LogP contribution in [0, 0.1) is 5.92 Å². The lowest BCUT2D eigenvalue weighted by Crippen LogP contribution is -2.14. The van der Waals surface area contributed by atoms with E-state index in [0.29, 0.717) is 0 Å². The fourth-order valence-electron chi connectivity index (χ4n) is 1.82. The molecule has 1 nitrogen and oxygen atoms in total. The van der Waals surface area contributed by atoms with Crippen LogP contribution in [0.15, 0.2) is 0 Å². The fourth-order valence-corrected chi connectivity index (χ4v) is 3.68. The Kier molecular flexibility index (Phi) is 4.92. The van der Waals surface area contributed by atoms with Gasteiger partial charge in [-0.1, -0.05) is 46.0 Å². The summed E-state index contributed by atoms with van der Waals surface area (Å²) in [4.78, 5) is 0. The van der Waals surface area contributed by atoms with Crippen molar-refractivity contribution in [3.05, 3.63) is 0 Å². The molecule has 0 aromatic rings. The van der Waals surface area contributed by atoms with Crippen LogP contribution in [0.2, 0.25) is 5.54 Å². The first kappa shape index (κ1) is 10.3. The Morgan fingerprint density at radius 3 is 2.50 bits per heavy atom. The monoisotopic (exact) mass is 186 g/mol. The van der Waals surface area contributed by atoms with Gasteiger partial charge >= 0.3 is 0 Å². The van der Waals surface area contributed by atoms with Gasteiger partial charge < -0.3 is 4.43 Å². The van der Waals surface area contributed by atoms with Crippen LogP contribution >= 0.6 is 0 Å². The predicted molar refractivity (Wildman–Crippen MR) is 56.2 cm³/mol. The first-order chi connectivity index (χ1) is 5.79. The van der Waals surface area contributed by atoms with Crippen molar-refractivity contribution in [2.45, 2.75) is 51.5 Å². The Bertz CT molecular complexity index is 108. The van der Waals surface area contributed by atoms with Gasteiger partial charge in [0.1, 0.15) is 0 Å². The van der Waals surface area contributed by atoms with Crippen molar-refractivity contribution in [3.8, 4) is 0 Å². The largest absolute Gasteiger partial charge is 0.423 e. The first-order valence-corrected chi connectivity index (χ1v) is 6.76. The Hall–Kier alpha value is 0.177. The molecule has 0 heterocycles. The fraction of sp³-hybridized carbons (Fsp3) is 1.00. The first-order valence-electron chi connectivity index (χ1n) is 5.37. The van der Waals surface area contributed by atoms with Crippen LogP contribution in [0.1, 0.15) is 46.0 Å². The molecule has 0 aromatic carbocycles. The zero-order valence-corrected chi connectivity index (χ0v) is 9.93. The Morgan fingerprint density at radius 2 is 1.92 bits per heavy atom. The van der Waals surface area contributed by atoms with E-state index < -0.39 is 0 Å². The van der Waals surface area contributed by atoms with E-state index in [0.717, 1.165) is 18.1 Å². The molecule has 72 valence electrons. The average molecular weight is 186 g/mol. The maximum absolute atomic E-state index is 5.77. The van der Waals surface area contributed by atoms with Gasteiger partial charge in [-0.2, -0.15) is 0 Å². The molecule has 12 heavy (non-hydrogen) atoms. The molecule has 1 aliphatic carbocycles. The number of hydrogen-bond donors (Lipinski definition) is 0. The van der Waals surface area contributed by atoms with Crippen LogP contribution in [-0.4, -0.2) is 16.4 Å². The smallest absolute Gasteiger partial charge is 0.164 e. The number of hydrogen-bond acceptors (Lipinski definition) is 1. The maximum Gasteiger partial charge on any atom is 0.164 e. The van der Waals surface area contributed by atoms with Crippen molar-refractivity contribution >= 4 is 9.76 Å². The summed E-state index contributed by atoms with van der Waals surface area (Å²) in [6.45, 7) is 5.47. The van der Waals surface area contributed by atoms with E-state index >= 15 is 0 Å². The number of rotatable bonds is 4. The van der Waals surface area contributed by atoms with Gasteiger partial charge in [0.25, 0.3) is 0 Å². The van der Waals surface area contributed by atoms with E-state index in [9.17, 15) is 0 Å². The van der Waals surface area contributed by atoms with E-state index in [-0.39, 0.29) is 9.76 Å². The second kappa shape index (κ2) is 5.76. The minimum atomic E-state index is -0.177. The summed E-state index contributed by atoms with van der Waals surface area (Å²) in [5.41, 5.74) is 1.01. The molecule has 1 saturated carbocycles. The molecule has 0 N–H and O–H groups in total. The second-order valence-corrected chi connectivity index (χ2v) is 6.33. The van der Waals surface area contributed by atoms with Crippen LogP contribution in [-0.2, 0) is 4.43 Å². The summed E-state index contributed by atoms with van der Waals surface area (Å²) in [7, 11) is -0.177. The van der Waals surface area contributed by atoms with Crippen LogP contribution in [0.5, 0.6) is 0 Å². The van der Waals surface area contributed by atoms with Gasteiger partial charge in [-0.3, -0.25) is 0 Å². The summed E-state index contributed by atoms with van der Waals surface area (Å²) in [6, 6.07) is 0. The van der Waals surface area contributed by atoms with Crippen molar-refractivity contribution in [2.75, 3.05) is 6.61 Å². The van der Waals surface area contributed by atoms with E-state index in [1.807, 2.05) is 0 Å². The third kappa shape index (κ3) is 4.26. The molecular formula is C10H22OSi. The quantitative estimate of drug-likeness (QED) is 0.613. The highest BCUT2D eigenvalue weighted by Crippen LogP contribution is 2.27. The third-order valence-corrected chi connectivity index (χ3v) is 4.29. The van der Waals surface area contributed by atoms with Gasteiger partial charge in [-0.15, -0.1) is 0 Å². The van der Waals surface area contributed by atoms with E-state index in [1.54, 1.807) is 0 Å². The molecule has 0 aromatic heterocycles. The normalized spacial score (nSPS) is 21.2. The maximum atomic E-state index is 5.77. The SMILES string of the molecule is CC(C)CO[SiH2]C1CCCCC1. The van der Waals surface area contributed by atoms with Gasteiger partial charge in [0.05, 0.1) is 0 Å². The average Bonchev–Trinajstić information content (AvgIpc) is 2.05. The Balaban J connectivity index is 1.98. The molecule has 0 saturated heterocycles. The van der Waals surface area contributed by atoms with Crippen molar-refractivity contribution in [1.29, 1.82) is 0 Å².